The van der Waals surface area contributed by atoms with E-state index in [4.69, 9.17) is 5.11 Å². The van der Waals surface area contributed by atoms with Crippen LogP contribution in [0.4, 0.5) is 5.69 Å². The molecule has 0 atom stereocenters. The van der Waals surface area contributed by atoms with Gasteiger partial charge in [0.25, 0.3) is 5.91 Å². The maximum Gasteiger partial charge on any atom is 0.323 e. The zero-order valence-corrected chi connectivity index (χ0v) is 11.6. The van der Waals surface area contributed by atoms with Gasteiger partial charge in [-0.2, -0.15) is 0 Å². The Morgan fingerprint density at radius 2 is 1.76 bits per heavy atom. The van der Waals surface area contributed by atoms with Gasteiger partial charge in [0.1, 0.15) is 6.54 Å². The van der Waals surface area contributed by atoms with E-state index in [1.54, 1.807) is 36.4 Å². The van der Waals surface area contributed by atoms with E-state index in [1.807, 2.05) is 13.0 Å². The third-order valence-corrected chi connectivity index (χ3v) is 3.14. The largest absolute Gasteiger partial charge is 0.480 e. The second-order valence-electron chi connectivity index (χ2n) is 4.82. The quantitative estimate of drug-likeness (QED) is 0.729. The maximum absolute atomic E-state index is 11.1. The van der Waals surface area contributed by atoms with E-state index >= 15 is 0 Å². The summed E-state index contributed by atoms with van der Waals surface area (Å²) in [6.45, 7) is 1.31. The molecule has 0 bridgehead atoms. The highest BCUT2D eigenvalue weighted by Crippen LogP contribution is 2.29. The van der Waals surface area contributed by atoms with Crippen molar-refractivity contribution < 1.29 is 20.1 Å². The SMILES string of the molecule is Cc1cccc(N(CC(=O)O)C(O)(O)c2ccccc2)c1. The molecule has 0 fully saturated rings. The van der Waals surface area contributed by atoms with Crippen LogP contribution < -0.4 is 4.90 Å². The molecule has 0 unspecified atom stereocenters. The van der Waals surface area contributed by atoms with Crippen molar-refractivity contribution in [3.63, 3.8) is 0 Å². The van der Waals surface area contributed by atoms with E-state index in [-0.39, 0.29) is 5.56 Å². The first-order valence-corrected chi connectivity index (χ1v) is 6.47. The van der Waals surface area contributed by atoms with E-state index < -0.39 is 18.4 Å². The van der Waals surface area contributed by atoms with Crippen molar-refractivity contribution in [1.29, 1.82) is 0 Å². The Morgan fingerprint density at radius 3 is 2.33 bits per heavy atom. The number of hydrogen-bond donors (Lipinski definition) is 3. The second kappa shape index (κ2) is 5.95. The zero-order valence-electron chi connectivity index (χ0n) is 11.6. The Kier molecular flexibility index (Phi) is 4.26. The molecule has 0 heterocycles. The van der Waals surface area contributed by atoms with Crippen LogP contribution in [0.3, 0.4) is 0 Å². The average molecular weight is 287 g/mol. The Morgan fingerprint density at radius 1 is 1.10 bits per heavy atom. The first-order valence-electron chi connectivity index (χ1n) is 6.47. The van der Waals surface area contributed by atoms with Crippen molar-refractivity contribution in [2.75, 3.05) is 11.4 Å². The number of aryl methyl sites for hydroxylation is 1. The number of aliphatic carboxylic acids is 1. The molecule has 0 aliphatic carbocycles. The maximum atomic E-state index is 11.1. The molecule has 2 rings (SSSR count). The minimum atomic E-state index is -2.41. The minimum Gasteiger partial charge on any atom is -0.480 e. The molecule has 0 saturated heterocycles. The van der Waals surface area contributed by atoms with E-state index in [2.05, 4.69) is 0 Å². The molecule has 2 aromatic carbocycles. The number of hydrogen-bond acceptors (Lipinski definition) is 4. The van der Waals surface area contributed by atoms with Crippen LogP contribution >= 0.6 is 0 Å². The molecule has 0 aliphatic heterocycles. The van der Waals surface area contributed by atoms with Crippen molar-refractivity contribution >= 4 is 11.7 Å². The lowest BCUT2D eigenvalue weighted by atomic mass is 10.1. The summed E-state index contributed by atoms with van der Waals surface area (Å²) < 4.78 is 0. The molecule has 0 amide bonds. The average Bonchev–Trinajstić information content (AvgIpc) is 2.45. The van der Waals surface area contributed by atoms with Gasteiger partial charge in [-0.1, -0.05) is 42.5 Å². The Labute approximate surface area is 122 Å². The van der Waals surface area contributed by atoms with Crippen molar-refractivity contribution in [3.8, 4) is 0 Å². The molecular weight excluding hydrogens is 270 g/mol. The van der Waals surface area contributed by atoms with Crippen molar-refractivity contribution in [2.45, 2.75) is 12.8 Å². The first kappa shape index (κ1) is 15.0. The van der Waals surface area contributed by atoms with E-state index in [0.29, 0.717) is 5.69 Å². The number of carboxylic acids is 1. The van der Waals surface area contributed by atoms with Crippen LogP contribution in [0.15, 0.2) is 54.6 Å². The monoisotopic (exact) mass is 287 g/mol. The Hall–Kier alpha value is -2.37. The van der Waals surface area contributed by atoms with E-state index in [1.165, 1.54) is 12.1 Å². The lowest BCUT2D eigenvalue weighted by Gasteiger charge is -2.36. The smallest absolute Gasteiger partial charge is 0.323 e. The summed E-state index contributed by atoms with van der Waals surface area (Å²) in [5.74, 6) is -3.56. The molecule has 21 heavy (non-hydrogen) atoms. The highest BCUT2D eigenvalue weighted by Gasteiger charge is 2.35. The Bertz CT molecular complexity index is 625. The summed E-state index contributed by atoms with van der Waals surface area (Å²) in [6, 6.07) is 15.1. The van der Waals surface area contributed by atoms with Gasteiger partial charge < -0.3 is 20.2 Å². The summed E-state index contributed by atoms with van der Waals surface area (Å²) in [4.78, 5) is 12.1. The molecule has 0 saturated carbocycles. The molecule has 0 radical (unpaired) electrons. The van der Waals surface area contributed by atoms with E-state index in [9.17, 15) is 15.0 Å². The fraction of sp³-hybridized carbons (Fsp3) is 0.188. The van der Waals surface area contributed by atoms with Crippen LogP contribution in [0.2, 0.25) is 0 Å². The van der Waals surface area contributed by atoms with Gasteiger partial charge in [-0.05, 0) is 24.6 Å². The van der Waals surface area contributed by atoms with Gasteiger partial charge >= 0.3 is 5.97 Å². The number of nitrogens with zero attached hydrogens (tertiary/aromatic N) is 1. The van der Waals surface area contributed by atoms with Gasteiger partial charge in [0.15, 0.2) is 0 Å². The second-order valence-corrected chi connectivity index (χ2v) is 4.82. The van der Waals surface area contributed by atoms with Crippen molar-refractivity contribution in [3.05, 3.63) is 65.7 Å². The number of anilines is 1. The van der Waals surface area contributed by atoms with Crippen LogP contribution in [0.25, 0.3) is 0 Å². The molecule has 5 heteroatoms. The van der Waals surface area contributed by atoms with Crippen LogP contribution in [-0.4, -0.2) is 27.8 Å². The van der Waals surface area contributed by atoms with Gasteiger partial charge in [0.05, 0.1) is 0 Å². The zero-order chi connectivity index (χ0) is 15.5. The van der Waals surface area contributed by atoms with Crippen LogP contribution in [0.5, 0.6) is 0 Å². The van der Waals surface area contributed by atoms with Crippen molar-refractivity contribution in [1.82, 2.24) is 0 Å². The molecule has 5 nitrogen and oxygen atoms in total. The fourth-order valence-electron chi connectivity index (χ4n) is 2.13. The summed E-state index contributed by atoms with van der Waals surface area (Å²) in [5, 5.41) is 30.0. The topological polar surface area (TPSA) is 81.0 Å². The predicted octanol–water partition coefficient (Wildman–Crippen LogP) is 1.68. The highest BCUT2D eigenvalue weighted by molar-refractivity contribution is 5.74. The predicted molar refractivity (Wildman–Crippen MR) is 78.7 cm³/mol. The first-order chi connectivity index (χ1) is 9.91. The number of carbonyl (C=O) groups is 1. The summed E-state index contributed by atoms with van der Waals surface area (Å²) in [6.07, 6.45) is 0. The lowest BCUT2D eigenvalue weighted by Crippen LogP contribution is -2.49. The summed E-state index contributed by atoms with van der Waals surface area (Å²) in [5.41, 5.74) is 1.52. The van der Waals surface area contributed by atoms with Crippen LogP contribution in [0.1, 0.15) is 11.1 Å². The standard InChI is InChI=1S/C16H17NO4/c1-12-6-5-9-14(10-12)17(11-15(18)19)16(20,21)13-7-3-2-4-8-13/h2-10,20-21H,11H2,1H3,(H,18,19). The minimum absolute atomic E-state index is 0.202. The third kappa shape index (κ3) is 3.39. The van der Waals surface area contributed by atoms with Crippen molar-refractivity contribution in [2.24, 2.45) is 0 Å². The highest BCUT2D eigenvalue weighted by atomic mass is 16.5. The van der Waals surface area contributed by atoms with Gasteiger partial charge in [-0.3, -0.25) is 4.79 Å². The molecular formula is C16H17NO4. The van der Waals surface area contributed by atoms with E-state index in [0.717, 1.165) is 10.5 Å². The Balaban J connectivity index is 2.47. The molecule has 0 aliphatic rings. The van der Waals surface area contributed by atoms with Gasteiger partial charge in [0, 0.05) is 11.3 Å². The summed E-state index contributed by atoms with van der Waals surface area (Å²) >= 11 is 0. The normalized spacial score (nSPS) is 11.2. The molecule has 110 valence electrons. The summed E-state index contributed by atoms with van der Waals surface area (Å²) in [7, 11) is 0. The number of carboxylic acid groups (broad SMARTS) is 1. The molecule has 0 spiro atoms. The van der Waals surface area contributed by atoms with Gasteiger partial charge in [-0.15, -0.1) is 0 Å². The lowest BCUT2D eigenvalue weighted by molar-refractivity contribution is -0.173. The van der Waals surface area contributed by atoms with Gasteiger partial charge in [-0.25, -0.2) is 0 Å². The van der Waals surface area contributed by atoms with Crippen LogP contribution in [-0.2, 0) is 10.7 Å². The third-order valence-electron chi connectivity index (χ3n) is 3.14. The number of aliphatic hydroxyl groups is 2. The molecule has 0 aromatic heterocycles. The number of rotatable bonds is 5. The molecule has 2 aromatic rings. The van der Waals surface area contributed by atoms with Gasteiger partial charge in [0.2, 0.25) is 0 Å². The number of benzene rings is 2. The molecule has 3 N–H and O–H groups in total. The van der Waals surface area contributed by atoms with Crippen LogP contribution in [0, 0.1) is 6.92 Å². The fourth-order valence-corrected chi connectivity index (χ4v) is 2.13.